The number of methoxy groups -OCH3 is 1. The SMILES string of the molecule is COc1cccc(-n2ncc3c(N/N=C/c4ccc(CN5CCCC5)cc4)ncnc32)c1. The third kappa shape index (κ3) is 4.31. The summed E-state index contributed by atoms with van der Waals surface area (Å²) in [6.07, 6.45) is 7.65. The number of rotatable bonds is 7. The van der Waals surface area contributed by atoms with Gasteiger partial charge in [0.15, 0.2) is 11.5 Å². The Bertz CT molecular complexity index is 1230. The number of nitrogens with zero attached hydrogens (tertiary/aromatic N) is 6. The molecule has 162 valence electrons. The molecule has 0 bridgehead atoms. The first-order valence-corrected chi connectivity index (χ1v) is 10.7. The minimum absolute atomic E-state index is 0.603. The Hall–Kier alpha value is -3.78. The topological polar surface area (TPSA) is 80.5 Å². The van der Waals surface area contributed by atoms with E-state index < -0.39 is 0 Å². The zero-order chi connectivity index (χ0) is 21.8. The van der Waals surface area contributed by atoms with Crippen LogP contribution in [0.3, 0.4) is 0 Å². The number of anilines is 1. The van der Waals surface area contributed by atoms with Crippen LogP contribution in [0.25, 0.3) is 16.7 Å². The van der Waals surface area contributed by atoms with Gasteiger partial charge in [0.25, 0.3) is 0 Å². The number of likely N-dealkylation sites (tertiary alicyclic amines) is 1. The summed E-state index contributed by atoms with van der Waals surface area (Å²) in [6, 6.07) is 16.2. The van der Waals surface area contributed by atoms with Crippen molar-refractivity contribution in [2.75, 3.05) is 25.6 Å². The fraction of sp³-hybridized carbons (Fsp3) is 0.250. The van der Waals surface area contributed by atoms with E-state index in [0.717, 1.165) is 28.9 Å². The van der Waals surface area contributed by atoms with E-state index in [9.17, 15) is 0 Å². The molecule has 0 saturated carbocycles. The Morgan fingerprint density at radius 1 is 1.09 bits per heavy atom. The van der Waals surface area contributed by atoms with Crippen molar-refractivity contribution in [3.8, 4) is 11.4 Å². The smallest absolute Gasteiger partial charge is 0.168 e. The Labute approximate surface area is 186 Å². The maximum atomic E-state index is 5.32. The summed E-state index contributed by atoms with van der Waals surface area (Å²) in [7, 11) is 1.64. The summed E-state index contributed by atoms with van der Waals surface area (Å²) in [6.45, 7) is 3.43. The second-order valence-electron chi connectivity index (χ2n) is 7.81. The minimum atomic E-state index is 0.603. The molecule has 3 heterocycles. The molecular weight excluding hydrogens is 402 g/mol. The number of fused-ring (bicyclic) bond motifs is 1. The molecule has 1 fully saturated rings. The number of nitrogens with one attached hydrogen (secondary N) is 1. The molecule has 1 N–H and O–H groups in total. The lowest BCUT2D eigenvalue weighted by molar-refractivity contribution is 0.331. The van der Waals surface area contributed by atoms with Gasteiger partial charge in [-0.2, -0.15) is 10.2 Å². The summed E-state index contributed by atoms with van der Waals surface area (Å²) in [4.78, 5) is 11.2. The van der Waals surface area contributed by atoms with Crippen LogP contribution in [0, 0.1) is 0 Å². The fourth-order valence-electron chi connectivity index (χ4n) is 3.94. The highest BCUT2D eigenvalue weighted by atomic mass is 16.5. The van der Waals surface area contributed by atoms with Crippen LogP contribution in [-0.4, -0.2) is 51.1 Å². The van der Waals surface area contributed by atoms with Gasteiger partial charge in [-0.1, -0.05) is 30.3 Å². The Morgan fingerprint density at radius 3 is 2.75 bits per heavy atom. The lowest BCUT2D eigenvalue weighted by Gasteiger charge is -2.14. The van der Waals surface area contributed by atoms with E-state index >= 15 is 0 Å². The van der Waals surface area contributed by atoms with Crippen LogP contribution in [-0.2, 0) is 6.54 Å². The van der Waals surface area contributed by atoms with Gasteiger partial charge in [-0.05, 0) is 49.2 Å². The summed E-state index contributed by atoms with van der Waals surface area (Å²) < 4.78 is 7.07. The standard InChI is InChI=1S/C24H25N7O/c1-32-21-6-4-5-20(13-21)31-24-22(15-28-31)23(25-17-26-24)29-27-14-18-7-9-19(10-8-18)16-30-11-2-3-12-30/h4-10,13-15,17H,2-3,11-12,16H2,1H3,(H,25,26,29)/b27-14+. The van der Waals surface area contributed by atoms with Crippen molar-refractivity contribution in [2.45, 2.75) is 19.4 Å². The molecule has 4 aromatic rings. The molecule has 8 heteroatoms. The van der Waals surface area contributed by atoms with Crippen molar-refractivity contribution in [3.05, 3.63) is 72.2 Å². The van der Waals surface area contributed by atoms with Crippen LogP contribution in [0.1, 0.15) is 24.0 Å². The second-order valence-corrected chi connectivity index (χ2v) is 7.81. The van der Waals surface area contributed by atoms with Gasteiger partial charge in [-0.15, -0.1) is 0 Å². The highest BCUT2D eigenvalue weighted by Crippen LogP contribution is 2.23. The first-order chi connectivity index (χ1) is 15.8. The maximum Gasteiger partial charge on any atom is 0.168 e. The Kier molecular flexibility index (Phi) is 5.76. The summed E-state index contributed by atoms with van der Waals surface area (Å²) in [5, 5.41) is 9.64. The number of hydrogen-bond acceptors (Lipinski definition) is 7. The first kappa shape index (κ1) is 20.1. The zero-order valence-electron chi connectivity index (χ0n) is 18.0. The van der Waals surface area contributed by atoms with Crippen LogP contribution in [0.2, 0.25) is 0 Å². The summed E-state index contributed by atoms with van der Waals surface area (Å²) in [5.41, 5.74) is 6.94. The predicted octanol–water partition coefficient (Wildman–Crippen LogP) is 3.87. The van der Waals surface area contributed by atoms with Gasteiger partial charge in [0.05, 0.1) is 30.6 Å². The number of hydrogen-bond donors (Lipinski definition) is 1. The highest BCUT2D eigenvalue weighted by molar-refractivity contribution is 5.88. The number of hydrazone groups is 1. The molecule has 5 rings (SSSR count). The highest BCUT2D eigenvalue weighted by Gasteiger charge is 2.12. The molecule has 0 spiro atoms. The van der Waals surface area contributed by atoms with Crippen LogP contribution in [0.4, 0.5) is 5.82 Å². The Balaban J connectivity index is 1.30. The third-order valence-corrected chi connectivity index (χ3v) is 5.63. The monoisotopic (exact) mass is 427 g/mol. The largest absolute Gasteiger partial charge is 0.497 e. The van der Waals surface area contributed by atoms with Gasteiger partial charge in [-0.3, -0.25) is 10.3 Å². The predicted molar refractivity (Wildman–Crippen MR) is 125 cm³/mol. The molecule has 2 aromatic heterocycles. The molecule has 2 aromatic carbocycles. The fourth-order valence-corrected chi connectivity index (χ4v) is 3.94. The van der Waals surface area contributed by atoms with E-state index in [1.54, 1.807) is 24.2 Å². The van der Waals surface area contributed by atoms with Crippen molar-refractivity contribution >= 4 is 23.1 Å². The second kappa shape index (κ2) is 9.15. The third-order valence-electron chi connectivity index (χ3n) is 5.63. The molecule has 1 aliphatic heterocycles. The van der Waals surface area contributed by atoms with Gasteiger partial charge in [0.1, 0.15) is 12.1 Å². The van der Waals surface area contributed by atoms with Crippen molar-refractivity contribution in [2.24, 2.45) is 5.10 Å². The average molecular weight is 428 g/mol. The van der Waals surface area contributed by atoms with Crippen LogP contribution >= 0.6 is 0 Å². The van der Waals surface area contributed by atoms with E-state index in [1.165, 1.54) is 37.8 Å². The average Bonchev–Trinajstić information content (AvgIpc) is 3.51. The van der Waals surface area contributed by atoms with E-state index in [-0.39, 0.29) is 0 Å². The Morgan fingerprint density at radius 2 is 1.94 bits per heavy atom. The van der Waals surface area contributed by atoms with Crippen molar-refractivity contribution in [1.29, 1.82) is 0 Å². The summed E-state index contributed by atoms with van der Waals surface area (Å²) in [5.74, 6) is 1.36. The number of benzene rings is 2. The van der Waals surface area contributed by atoms with Crippen LogP contribution in [0.5, 0.6) is 5.75 Å². The molecule has 0 radical (unpaired) electrons. The minimum Gasteiger partial charge on any atom is -0.497 e. The van der Waals surface area contributed by atoms with Crippen molar-refractivity contribution < 1.29 is 4.74 Å². The quantitative estimate of drug-likeness (QED) is 0.356. The van der Waals surface area contributed by atoms with E-state index in [2.05, 4.69) is 54.8 Å². The molecule has 1 aliphatic rings. The van der Waals surface area contributed by atoms with Gasteiger partial charge < -0.3 is 4.74 Å². The molecule has 32 heavy (non-hydrogen) atoms. The number of aromatic nitrogens is 4. The van der Waals surface area contributed by atoms with Gasteiger partial charge >= 0.3 is 0 Å². The van der Waals surface area contributed by atoms with Crippen LogP contribution in [0.15, 0.2) is 66.2 Å². The number of ether oxygens (including phenoxy) is 1. The zero-order valence-corrected chi connectivity index (χ0v) is 18.0. The lowest BCUT2D eigenvalue weighted by Crippen LogP contribution is -2.18. The van der Waals surface area contributed by atoms with Crippen molar-refractivity contribution in [3.63, 3.8) is 0 Å². The molecule has 1 saturated heterocycles. The van der Waals surface area contributed by atoms with E-state index in [0.29, 0.717) is 11.5 Å². The molecular formula is C24H25N7O. The van der Waals surface area contributed by atoms with Crippen molar-refractivity contribution in [1.82, 2.24) is 24.6 Å². The summed E-state index contributed by atoms with van der Waals surface area (Å²) >= 11 is 0. The molecule has 8 nitrogen and oxygen atoms in total. The molecule has 0 amide bonds. The maximum absolute atomic E-state index is 5.32. The van der Waals surface area contributed by atoms with Crippen LogP contribution < -0.4 is 10.2 Å². The lowest BCUT2D eigenvalue weighted by atomic mass is 10.1. The molecule has 0 unspecified atom stereocenters. The van der Waals surface area contributed by atoms with Gasteiger partial charge in [-0.25, -0.2) is 14.6 Å². The first-order valence-electron chi connectivity index (χ1n) is 10.7. The van der Waals surface area contributed by atoms with Gasteiger partial charge in [0, 0.05) is 12.6 Å². The van der Waals surface area contributed by atoms with Gasteiger partial charge in [0.2, 0.25) is 0 Å². The molecule has 0 aliphatic carbocycles. The van der Waals surface area contributed by atoms with E-state index in [1.807, 2.05) is 24.3 Å². The normalized spacial score (nSPS) is 14.4. The van der Waals surface area contributed by atoms with E-state index in [4.69, 9.17) is 4.74 Å². The molecule has 0 atom stereocenters.